The molecule has 0 spiro atoms. The predicted molar refractivity (Wildman–Crippen MR) is 156 cm³/mol. The number of thiazole rings is 1. The van der Waals surface area contributed by atoms with Crippen LogP contribution < -0.4 is 14.9 Å². The van der Waals surface area contributed by atoms with Gasteiger partial charge in [0.05, 0.1) is 12.0 Å². The fraction of sp³-hybridized carbons (Fsp3) is 0.516. The average molecular weight is 569 g/mol. The Morgan fingerprint density at radius 1 is 0.897 bits per heavy atom. The normalized spacial score (nSPS) is 25.6. The van der Waals surface area contributed by atoms with Crippen molar-refractivity contribution < 1.29 is 27.9 Å². The first-order valence-electron chi connectivity index (χ1n) is 13.7. The van der Waals surface area contributed by atoms with Crippen molar-refractivity contribution in [3.8, 4) is 0 Å². The van der Waals surface area contributed by atoms with Crippen LogP contribution in [0.25, 0.3) is 0 Å². The maximum atomic E-state index is 7.75. The highest BCUT2D eigenvalue weighted by atomic mass is 32.1. The molecule has 2 aliphatic heterocycles. The first kappa shape index (κ1) is 28.6. The van der Waals surface area contributed by atoms with Crippen molar-refractivity contribution in [3.63, 3.8) is 0 Å². The molecule has 0 radical (unpaired) electrons. The van der Waals surface area contributed by atoms with Gasteiger partial charge in [0, 0.05) is 0 Å². The van der Waals surface area contributed by atoms with Crippen molar-refractivity contribution in [2.45, 2.75) is 89.5 Å². The molecule has 3 aromatic rings. The standard InChI is InChI=1S/C31H42NO5SSi/c1-29(2,3)39(22-15-11-9-12-16-22,23-17-13-10-14-18-23)37-27(28-32(8)19-20-38-28)26-25(35-31(6,7)36-26)24-21-33-30(4,5)34-24/h9-20,24-27H,21H2,1-8H3/q+1/t24-,25+,26-,27-/m0/s1. The minimum absolute atomic E-state index is 0.191. The maximum Gasteiger partial charge on any atom is 0.267 e. The zero-order chi connectivity index (χ0) is 28.1. The third-order valence-corrected chi connectivity index (χ3v) is 13.7. The summed E-state index contributed by atoms with van der Waals surface area (Å²) in [5.74, 6) is -1.47. The Morgan fingerprint density at radius 2 is 1.49 bits per heavy atom. The summed E-state index contributed by atoms with van der Waals surface area (Å²) in [4.78, 5) is 0. The summed E-state index contributed by atoms with van der Waals surface area (Å²) in [6.07, 6.45) is 0.624. The van der Waals surface area contributed by atoms with Crippen LogP contribution in [0.3, 0.4) is 0 Å². The molecule has 5 rings (SSSR count). The highest BCUT2D eigenvalue weighted by Gasteiger charge is 2.59. The highest BCUT2D eigenvalue weighted by molar-refractivity contribution is 7.09. The molecule has 0 N–H and O–H groups in total. The number of ether oxygens (including phenoxy) is 4. The van der Waals surface area contributed by atoms with Crippen LogP contribution in [0.2, 0.25) is 5.04 Å². The Balaban J connectivity index is 1.68. The molecule has 0 aliphatic carbocycles. The van der Waals surface area contributed by atoms with Crippen LogP contribution >= 0.6 is 11.3 Å². The zero-order valence-electron chi connectivity index (χ0n) is 24.3. The van der Waals surface area contributed by atoms with Gasteiger partial charge in [-0.1, -0.05) is 92.8 Å². The summed E-state index contributed by atoms with van der Waals surface area (Å²) in [7, 11) is -0.846. The Bertz CT molecular complexity index is 1220. The molecule has 2 saturated heterocycles. The molecule has 2 aliphatic rings. The van der Waals surface area contributed by atoms with Gasteiger partial charge < -0.3 is 23.4 Å². The van der Waals surface area contributed by atoms with Gasteiger partial charge in [-0.15, -0.1) is 0 Å². The van der Waals surface area contributed by atoms with Gasteiger partial charge >= 0.3 is 0 Å². The van der Waals surface area contributed by atoms with E-state index in [-0.39, 0.29) is 17.2 Å². The third kappa shape index (κ3) is 5.53. The quantitative estimate of drug-likeness (QED) is 0.301. The van der Waals surface area contributed by atoms with Gasteiger partial charge in [-0.25, -0.2) is 0 Å². The van der Waals surface area contributed by atoms with Crippen LogP contribution in [-0.4, -0.2) is 44.8 Å². The average Bonchev–Trinajstić information content (AvgIpc) is 3.56. The van der Waals surface area contributed by atoms with Crippen molar-refractivity contribution in [2.24, 2.45) is 7.05 Å². The van der Waals surface area contributed by atoms with E-state index in [1.807, 2.05) is 27.7 Å². The summed E-state index contributed by atoms with van der Waals surface area (Å²) in [6, 6.07) is 21.5. The molecule has 6 nitrogen and oxygen atoms in total. The second-order valence-corrected chi connectivity index (χ2v) is 17.7. The van der Waals surface area contributed by atoms with Crippen molar-refractivity contribution >= 4 is 30.0 Å². The van der Waals surface area contributed by atoms with Gasteiger partial charge in [-0.2, -0.15) is 4.57 Å². The molecule has 0 bridgehead atoms. The molecule has 8 heteroatoms. The number of benzene rings is 2. The lowest BCUT2D eigenvalue weighted by Gasteiger charge is -2.45. The van der Waals surface area contributed by atoms with E-state index < -0.39 is 32.1 Å². The summed E-state index contributed by atoms with van der Waals surface area (Å²) < 4.78 is 35.5. The Morgan fingerprint density at radius 3 is 1.95 bits per heavy atom. The molecule has 2 fully saturated rings. The van der Waals surface area contributed by atoms with Crippen LogP contribution in [0, 0.1) is 0 Å². The van der Waals surface area contributed by atoms with Crippen LogP contribution in [0.4, 0.5) is 0 Å². The lowest BCUT2D eigenvalue weighted by molar-refractivity contribution is -0.677. The molecular weight excluding hydrogens is 526 g/mol. The zero-order valence-corrected chi connectivity index (χ0v) is 26.2. The second-order valence-electron chi connectivity index (χ2n) is 12.5. The largest absolute Gasteiger partial charge is 0.392 e. The topological polar surface area (TPSA) is 50.0 Å². The van der Waals surface area contributed by atoms with Crippen molar-refractivity contribution in [1.82, 2.24) is 0 Å². The van der Waals surface area contributed by atoms with Gasteiger partial charge in [0.15, 0.2) is 23.9 Å². The first-order valence-corrected chi connectivity index (χ1v) is 16.5. The number of hydrogen-bond acceptors (Lipinski definition) is 6. The third-order valence-electron chi connectivity index (χ3n) is 7.64. The number of aryl methyl sites for hydroxylation is 1. The van der Waals surface area contributed by atoms with Crippen LogP contribution in [0.15, 0.2) is 72.2 Å². The fourth-order valence-corrected chi connectivity index (χ4v) is 11.6. The lowest BCUT2D eigenvalue weighted by atomic mass is 10.0. The first-order chi connectivity index (χ1) is 18.3. The summed E-state index contributed by atoms with van der Waals surface area (Å²) in [6.45, 7) is 15.2. The predicted octanol–water partition coefficient (Wildman–Crippen LogP) is 4.86. The van der Waals surface area contributed by atoms with E-state index in [9.17, 15) is 0 Å². The molecule has 0 amide bonds. The van der Waals surface area contributed by atoms with Crippen molar-refractivity contribution in [3.05, 3.63) is 77.2 Å². The monoisotopic (exact) mass is 568 g/mol. The number of nitrogens with zero attached hydrogens (tertiary/aromatic N) is 1. The molecule has 0 saturated carbocycles. The fourth-order valence-electron chi connectivity index (χ4n) is 5.97. The number of hydrogen-bond donors (Lipinski definition) is 0. The van der Waals surface area contributed by atoms with Gasteiger partial charge in [0.1, 0.15) is 25.4 Å². The van der Waals surface area contributed by atoms with Gasteiger partial charge in [0.2, 0.25) is 0 Å². The van der Waals surface area contributed by atoms with Gasteiger partial charge in [-0.3, -0.25) is 0 Å². The summed E-state index contributed by atoms with van der Waals surface area (Å²) in [5.41, 5.74) is 0. The van der Waals surface area contributed by atoms with Crippen LogP contribution in [0.5, 0.6) is 0 Å². The molecule has 3 heterocycles. The van der Waals surface area contributed by atoms with Crippen LogP contribution in [-0.2, 0) is 30.4 Å². The van der Waals surface area contributed by atoms with E-state index in [1.165, 1.54) is 10.4 Å². The van der Waals surface area contributed by atoms with E-state index in [1.54, 1.807) is 11.3 Å². The van der Waals surface area contributed by atoms with Gasteiger partial charge in [-0.05, 0) is 43.1 Å². The Hall–Kier alpha value is -1.91. The van der Waals surface area contributed by atoms with E-state index in [0.717, 1.165) is 5.01 Å². The maximum absolute atomic E-state index is 7.75. The summed E-state index contributed by atoms with van der Waals surface area (Å²) >= 11 is 1.68. The van der Waals surface area contributed by atoms with Crippen LogP contribution in [0.1, 0.15) is 59.6 Å². The van der Waals surface area contributed by atoms with E-state index in [4.69, 9.17) is 23.4 Å². The smallest absolute Gasteiger partial charge is 0.267 e. The molecule has 1 aromatic heterocycles. The Kier molecular flexibility index (Phi) is 7.69. The molecule has 0 unspecified atom stereocenters. The number of rotatable bonds is 7. The highest BCUT2D eigenvalue weighted by Crippen LogP contribution is 2.46. The lowest BCUT2D eigenvalue weighted by Crippen LogP contribution is -2.68. The van der Waals surface area contributed by atoms with E-state index in [2.05, 4.69) is 105 Å². The number of aromatic nitrogens is 1. The van der Waals surface area contributed by atoms with Crippen molar-refractivity contribution in [2.75, 3.05) is 6.61 Å². The van der Waals surface area contributed by atoms with Crippen molar-refractivity contribution in [1.29, 1.82) is 0 Å². The minimum Gasteiger partial charge on any atom is -0.392 e. The summed E-state index contributed by atoms with van der Waals surface area (Å²) in [5, 5.41) is 5.44. The Labute approximate surface area is 238 Å². The SMILES string of the molecule is C[n+]1ccsc1[C@@H](O[Si](c1ccccc1)(c1ccccc1)C(C)(C)C)[C@H]1OC(C)(C)O[C@@H]1[C@@H]1COC(C)(C)O1. The van der Waals surface area contributed by atoms with Gasteiger partial charge in [0.25, 0.3) is 13.3 Å². The van der Waals surface area contributed by atoms with E-state index in [0.29, 0.717) is 6.61 Å². The molecule has 39 heavy (non-hydrogen) atoms. The van der Waals surface area contributed by atoms with E-state index >= 15 is 0 Å². The minimum atomic E-state index is -2.92. The molecule has 2 aromatic carbocycles. The molecule has 4 atom stereocenters. The second kappa shape index (κ2) is 10.5. The molecule has 210 valence electrons. The molecular formula is C31H42NO5SSi+.